The van der Waals surface area contributed by atoms with Gasteiger partial charge in [0, 0.05) is 19.3 Å². The third-order valence-corrected chi connectivity index (χ3v) is 12.7. The Morgan fingerprint density at radius 3 is 0.871 bits per heavy atom. The summed E-state index contributed by atoms with van der Waals surface area (Å²) in [5.74, 6) is -0.895. The van der Waals surface area contributed by atoms with Crippen LogP contribution < -0.4 is 0 Å². The van der Waals surface area contributed by atoms with Gasteiger partial charge in [0.25, 0.3) is 0 Å². The van der Waals surface area contributed by atoms with E-state index in [0.717, 1.165) is 116 Å². The molecule has 0 amide bonds. The molecule has 70 heavy (non-hydrogen) atoms. The first-order chi connectivity index (χ1) is 34.5. The molecule has 402 valence electrons. The smallest absolute Gasteiger partial charge is 0.306 e. The van der Waals surface area contributed by atoms with Crippen molar-refractivity contribution in [1.82, 2.24) is 0 Å². The molecule has 0 aromatic carbocycles. The summed E-state index contributed by atoms with van der Waals surface area (Å²) in [6.45, 7) is 6.45. The van der Waals surface area contributed by atoms with Gasteiger partial charge in [-0.25, -0.2) is 0 Å². The number of rotatable bonds is 53. The third kappa shape index (κ3) is 55.5. The van der Waals surface area contributed by atoms with Crippen molar-refractivity contribution < 1.29 is 28.6 Å². The van der Waals surface area contributed by atoms with E-state index in [1.165, 1.54) is 128 Å². The summed E-state index contributed by atoms with van der Waals surface area (Å²) in [6, 6.07) is 0. The number of esters is 3. The van der Waals surface area contributed by atoms with Gasteiger partial charge in [-0.15, -0.1) is 0 Å². The largest absolute Gasteiger partial charge is 0.462 e. The molecule has 0 spiro atoms. The number of carbonyl (C=O) groups is 3. The molecule has 0 heterocycles. The van der Waals surface area contributed by atoms with Crippen molar-refractivity contribution in [3.63, 3.8) is 0 Å². The molecule has 0 aliphatic heterocycles. The van der Waals surface area contributed by atoms with Crippen molar-refractivity contribution in [1.29, 1.82) is 0 Å². The minimum atomic E-state index is -0.775. The van der Waals surface area contributed by atoms with E-state index in [2.05, 4.69) is 106 Å². The highest BCUT2D eigenvalue weighted by Gasteiger charge is 2.19. The van der Waals surface area contributed by atoms with Gasteiger partial charge in [0.1, 0.15) is 13.2 Å². The van der Waals surface area contributed by atoms with Crippen LogP contribution in [0, 0.1) is 0 Å². The summed E-state index contributed by atoms with van der Waals surface area (Å²) in [4.78, 5) is 37.8. The molecule has 0 aromatic rings. The highest BCUT2D eigenvalue weighted by atomic mass is 16.6. The van der Waals surface area contributed by atoms with Crippen LogP contribution in [0.25, 0.3) is 0 Å². The van der Waals surface area contributed by atoms with Gasteiger partial charge in [-0.3, -0.25) is 14.4 Å². The van der Waals surface area contributed by atoms with Crippen LogP contribution >= 0.6 is 0 Å². The van der Waals surface area contributed by atoms with E-state index in [1.807, 2.05) is 0 Å². The normalized spacial score (nSPS) is 12.7. The Hall–Kier alpha value is -3.41. The maximum atomic E-state index is 12.8. The van der Waals surface area contributed by atoms with Gasteiger partial charge in [-0.1, -0.05) is 273 Å². The van der Waals surface area contributed by atoms with Gasteiger partial charge >= 0.3 is 17.9 Å². The van der Waals surface area contributed by atoms with Crippen LogP contribution in [0.15, 0.2) is 85.1 Å². The van der Waals surface area contributed by atoms with Crippen LogP contribution in [-0.2, 0) is 28.6 Å². The quantitative estimate of drug-likeness (QED) is 0.0261. The summed E-state index contributed by atoms with van der Waals surface area (Å²) in [7, 11) is 0. The molecule has 0 aliphatic carbocycles. The standard InChI is InChI=1S/C64H110O6/c1-4-7-10-13-15-17-19-21-23-25-27-28-29-30-31-32-33-34-35-36-37-39-40-42-44-46-48-51-54-57-63(66)69-60-61(59-68-62(65)56-53-50-12-9-6-3)70-64(67)58-55-52-49-47-45-43-41-38-26-24-22-20-18-16-14-11-8-5-2/h7,10,15,17,21,23,27-28,30-31,33-34,36-37,61H,4-6,8-9,11-14,16,18-20,22,24-26,29,32,35,38-60H2,1-3H3/b10-7-,17-15-,23-21-,28-27-,31-30-,34-33-,37-36-. The van der Waals surface area contributed by atoms with Crippen LogP contribution in [0.5, 0.6) is 0 Å². The predicted octanol–water partition coefficient (Wildman–Crippen LogP) is 19.9. The van der Waals surface area contributed by atoms with Gasteiger partial charge in [0.15, 0.2) is 6.10 Å². The van der Waals surface area contributed by atoms with Crippen molar-refractivity contribution in [2.24, 2.45) is 0 Å². The fourth-order valence-corrected chi connectivity index (χ4v) is 8.25. The Balaban J connectivity index is 4.10. The molecular weight excluding hydrogens is 865 g/mol. The van der Waals surface area contributed by atoms with Crippen LogP contribution in [0.2, 0.25) is 0 Å². The van der Waals surface area contributed by atoms with Gasteiger partial charge in [0.05, 0.1) is 0 Å². The molecule has 0 rings (SSSR count). The van der Waals surface area contributed by atoms with Gasteiger partial charge in [-0.05, 0) is 77.0 Å². The van der Waals surface area contributed by atoms with Crippen LogP contribution in [-0.4, -0.2) is 37.2 Å². The lowest BCUT2D eigenvalue weighted by atomic mass is 10.0. The zero-order valence-electron chi connectivity index (χ0n) is 46.0. The van der Waals surface area contributed by atoms with Crippen molar-refractivity contribution >= 4 is 17.9 Å². The molecule has 0 fully saturated rings. The molecule has 1 atom stereocenters. The Morgan fingerprint density at radius 1 is 0.300 bits per heavy atom. The lowest BCUT2D eigenvalue weighted by Crippen LogP contribution is -2.30. The number of allylic oxidation sites excluding steroid dienone is 14. The molecule has 0 saturated carbocycles. The topological polar surface area (TPSA) is 78.9 Å². The molecule has 6 nitrogen and oxygen atoms in total. The average molecular weight is 976 g/mol. The summed E-state index contributed by atoms with van der Waals surface area (Å²) in [6.07, 6.45) is 76.2. The zero-order valence-corrected chi connectivity index (χ0v) is 46.0. The summed E-state index contributed by atoms with van der Waals surface area (Å²) >= 11 is 0. The van der Waals surface area contributed by atoms with Crippen molar-refractivity contribution in [3.05, 3.63) is 85.1 Å². The molecular formula is C64H110O6. The van der Waals surface area contributed by atoms with Crippen molar-refractivity contribution in [2.45, 2.75) is 290 Å². The second kappa shape index (κ2) is 58.2. The minimum absolute atomic E-state index is 0.0782. The number of unbranched alkanes of at least 4 members (excludes halogenated alkanes) is 28. The predicted molar refractivity (Wildman–Crippen MR) is 302 cm³/mol. The van der Waals surface area contributed by atoms with E-state index in [0.29, 0.717) is 19.3 Å². The molecule has 6 heteroatoms. The van der Waals surface area contributed by atoms with E-state index < -0.39 is 6.10 Å². The number of carbonyl (C=O) groups excluding carboxylic acids is 3. The van der Waals surface area contributed by atoms with E-state index in [-0.39, 0.29) is 31.1 Å². The molecule has 0 N–H and O–H groups in total. The summed E-state index contributed by atoms with van der Waals surface area (Å²) in [5, 5.41) is 0. The fourth-order valence-electron chi connectivity index (χ4n) is 8.25. The lowest BCUT2D eigenvalue weighted by molar-refractivity contribution is -0.167. The van der Waals surface area contributed by atoms with Gasteiger partial charge in [-0.2, -0.15) is 0 Å². The highest BCUT2D eigenvalue weighted by molar-refractivity contribution is 5.71. The van der Waals surface area contributed by atoms with Crippen molar-refractivity contribution in [3.8, 4) is 0 Å². The van der Waals surface area contributed by atoms with Crippen LogP contribution in [0.3, 0.4) is 0 Å². The molecule has 0 aromatic heterocycles. The van der Waals surface area contributed by atoms with E-state index in [9.17, 15) is 14.4 Å². The Morgan fingerprint density at radius 2 is 0.557 bits per heavy atom. The van der Waals surface area contributed by atoms with Gasteiger partial charge in [0.2, 0.25) is 0 Å². The first-order valence-corrected chi connectivity index (χ1v) is 29.6. The monoisotopic (exact) mass is 975 g/mol. The first kappa shape index (κ1) is 66.6. The molecule has 0 saturated heterocycles. The number of ether oxygens (including phenoxy) is 3. The van der Waals surface area contributed by atoms with E-state index >= 15 is 0 Å². The minimum Gasteiger partial charge on any atom is -0.462 e. The second-order valence-electron chi connectivity index (χ2n) is 19.5. The Bertz CT molecular complexity index is 1350. The number of hydrogen-bond acceptors (Lipinski definition) is 6. The first-order valence-electron chi connectivity index (χ1n) is 29.6. The fraction of sp³-hybridized carbons (Fsp3) is 0.734. The van der Waals surface area contributed by atoms with E-state index in [4.69, 9.17) is 14.2 Å². The third-order valence-electron chi connectivity index (χ3n) is 12.7. The maximum Gasteiger partial charge on any atom is 0.306 e. The zero-order chi connectivity index (χ0) is 50.7. The lowest BCUT2D eigenvalue weighted by Gasteiger charge is -2.18. The summed E-state index contributed by atoms with van der Waals surface area (Å²) < 4.78 is 16.7. The van der Waals surface area contributed by atoms with Gasteiger partial charge < -0.3 is 14.2 Å². The average Bonchev–Trinajstić information content (AvgIpc) is 3.36. The highest BCUT2D eigenvalue weighted by Crippen LogP contribution is 2.16. The molecule has 0 bridgehead atoms. The maximum absolute atomic E-state index is 12.8. The SMILES string of the molecule is CC/C=C\C/C=C\C/C=C\C/C=C\C/C=C\C/C=C\C/C=C\CCCCCCCCCC(=O)OCC(COC(=O)CCCCCCC)OC(=O)CCCCCCCCCCCCCCCCCCCC. The van der Waals surface area contributed by atoms with Crippen LogP contribution in [0.4, 0.5) is 0 Å². The molecule has 0 aliphatic rings. The Kier molecular flexibility index (Phi) is 55.3. The second-order valence-corrected chi connectivity index (χ2v) is 19.5. The molecule has 0 radical (unpaired) electrons. The van der Waals surface area contributed by atoms with Crippen LogP contribution in [0.1, 0.15) is 284 Å². The summed E-state index contributed by atoms with van der Waals surface area (Å²) in [5.41, 5.74) is 0. The Labute approximate surface area is 433 Å². The van der Waals surface area contributed by atoms with E-state index in [1.54, 1.807) is 0 Å². The molecule has 1 unspecified atom stereocenters. The number of hydrogen-bond donors (Lipinski definition) is 0. The van der Waals surface area contributed by atoms with Crippen molar-refractivity contribution in [2.75, 3.05) is 13.2 Å².